The van der Waals surface area contributed by atoms with Gasteiger partial charge in [-0.25, -0.2) is 0 Å². The van der Waals surface area contributed by atoms with Crippen molar-refractivity contribution in [2.75, 3.05) is 6.61 Å². The van der Waals surface area contributed by atoms with E-state index in [1.807, 2.05) is 30.3 Å². The van der Waals surface area contributed by atoms with Crippen LogP contribution in [0.5, 0.6) is 5.75 Å². The average Bonchev–Trinajstić information content (AvgIpc) is 2.72. The van der Waals surface area contributed by atoms with Crippen LogP contribution in [-0.2, 0) is 4.74 Å². The molecular weight excluding hydrogens is 360 g/mol. The molecule has 4 aromatic carbocycles. The highest BCUT2D eigenvalue weighted by molar-refractivity contribution is 6.23. The zero-order valence-corrected chi connectivity index (χ0v) is 14.9. The van der Waals surface area contributed by atoms with Crippen molar-refractivity contribution in [2.45, 2.75) is 30.7 Å². The van der Waals surface area contributed by atoms with Crippen LogP contribution in [0, 0.1) is 0 Å². The lowest BCUT2D eigenvalue weighted by Crippen LogP contribution is -2.60. The third kappa shape index (κ3) is 2.62. The molecule has 1 saturated heterocycles. The lowest BCUT2D eigenvalue weighted by atomic mass is 9.94. The zero-order chi connectivity index (χ0) is 19.4. The van der Waals surface area contributed by atoms with Gasteiger partial charge in [0, 0.05) is 0 Å². The van der Waals surface area contributed by atoms with Crippen molar-refractivity contribution in [1.82, 2.24) is 0 Å². The quantitative estimate of drug-likeness (QED) is 0.404. The molecular formula is C22H20O6. The largest absolute Gasteiger partial charge is 0.462 e. The van der Waals surface area contributed by atoms with Crippen molar-refractivity contribution >= 4 is 32.3 Å². The fourth-order valence-corrected chi connectivity index (χ4v) is 4.09. The number of hydrogen-bond acceptors (Lipinski definition) is 6. The summed E-state index contributed by atoms with van der Waals surface area (Å²) in [5.74, 6) is 0.468. The molecule has 4 N–H and O–H groups in total. The van der Waals surface area contributed by atoms with Crippen LogP contribution in [-0.4, -0.2) is 57.7 Å². The maximum absolute atomic E-state index is 10.2. The molecule has 6 heteroatoms. The Hall–Kier alpha value is -2.48. The standard InChI is InChI=1S/C22H20O6/c23-10-16-19(24)20(25)21(26)22(28-16)27-15-8-13-6-4-11-2-1-3-12-5-7-14(9-15)18(13)17(11)12/h1-9,16,19-26H,10H2/t16-,19+,20+,21-,22-/m1/s1. The number of aliphatic hydroxyl groups excluding tert-OH is 4. The van der Waals surface area contributed by atoms with Crippen molar-refractivity contribution in [1.29, 1.82) is 0 Å². The van der Waals surface area contributed by atoms with Crippen LogP contribution >= 0.6 is 0 Å². The third-order valence-corrected chi connectivity index (χ3v) is 5.54. The minimum absolute atomic E-state index is 0.468. The van der Waals surface area contributed by atoms with Gasteiger partial charge < -0.3 is 29.9 Å². The van der Waals surface area contributed by atoms with E-state index in [0.29, 0.717) is 5.75 Å². The molecule has 0 spiro atoms. The summed E-state index contributed by atoms with van der Waals surface area (Å²) in [6.07, 6.45) is -6.53. The lowest BCUT2D eigenvalue weighted by Gasteiger charge is -2.39. The third-order valence-electron chi connectivity index (χ3n) is 5.54. The Morgan fingerprint density at radius 1 is 0.750 bits per heavy atom. The molecule has 4 aromatic rings. The zero-order valence-electron chi connectivity index (χ0n) is 14.9. The lowest BCUT2D eigenvalue weighted by molar-refractivity contribution is -0.277. The van der Waals surface area contributed by atoms with Gasteiger partial charge in [0.15, 0.2) is 0 Å². The van der Waals surface area contributed by atoms with Gasteiger partial charge in [-0.1, -0.05) is 42.5 Å². The summed E-state index contributed by atoms with van der Waals surface area (Å²) >= 11 is 0. The first-order valence-corrected chi connectivity index (χ1v) is 9.21. The van der Waals surface area contributed by atoms with Crippen molar-refractivity contribution in [3.63, 3.8) is 0 Å². The molecule has 1 aliphatic rings. The van der Waals surface area contributed by atoms with Gasteiger partial charge in [0.05, 0.1) is 6.61 Å². The molecule has 144 valence electrons. The van der Waals surface area contributed by atoms with E-state index >= 15 is 0 Å². The fraction of sp³-hybridized carbons (Fsp3) is 0.273. The second-order valence-electron chi connectivity index (χ2n) is 7.27. The average molecular weight is 380 g/mol. The van der Waals surface area contributed by atoms with Crippen molar-refractivity contribution in [2.24, 2.45) is 0 Å². The maximum Gasteiger partial charge on any atom is 0.229 e. The fourth-order valence-electron chi connectivity index (χ4n) is 4.09. The second kappa shape index (κ2) is 6.55. The SMILES string of the molecule is OC[C@H]1O[C@@H](Oc2cc3ccc4cccc5ccc(c2)c3c45)[C@H](O)[C@@H](O)[C@H]1O. The van der Waals surface area contributed by atoms with Gasteiger partial charge in [-0.15, -0.1) is 0 Å². The van der Waals surface area contributed by atoms with Gasteiger partial charge in [0.25, 0.3) is 0 Å². The Kier molecular flexibility index (Phi) is 4.12. The Morgan fingerprint density at radius 2 is 1.32 bits per heavy atom. The molecule has 0 aromatic heterocycles. The Balaban J connectivity index is 1.56. The van der Waals surface area contributed by atoms with E-state index in [1.165, 1.54) is 16.2 Å². The normalized spacial score (nSPS) is 28.4. The maximum atomic E-state index is 10.2. The Morgan fingerprint density at radius 3 is 1.93 bits per heavy atom. The monoisotopic (exact) mass is 380 g/mol. The molecule has 1 heterocycles. The molecule has 1 aliphatic heterocycles. The highest BCUT2D eigenvalue weighted by Crippen LogP contribution is 2.37. The Labute approximate surface area is 160 Å². The number of hydrogen-bond donors (Lipinski definition) is 4. The van der Waals surface area contributed by atoms with Crippen molar-refractivity contribution in [3.05, 3.63) is 54.6 Å². The second-order valence-corrected chi connectivity index (χ2v) is 7.27. The van der Waals surface area contributed by atoms with Crippen LogP contribution < -0.4 is 4.74 Å². The molecule has 6 nitrogen and oxygen atoms in total. The molecule has 0 amide bonds. The summed E-state index contributed by atoms with van der Waals surface area (Å²) in [5.41, 5.74) is 0. The van der Waals surface area contributed by atoms with E-state index in [4.69, 9.17) is 9.47 Å². The van der Waals surface area contributed by atoms with E-state index in [0.717, 1.165) is 16.2 Å². The highest BCUT2D eigenvalue weighted by atomic mass is 16.7. The molecule has 5 rings (SSSR count). The molecule has 28 heavy (non-hydrogen) atoms. The van der Waals surface area contributed by atoms with Crippen LogP contribution in [0.3, 0.4) is 0 Å². The number of benzene rings is 4. The summed E-state index contributed by atoms with van der Waals surface area (Å²) in [6.45, 7) is -0.495. The van der Waals surface area contributed by atoms with Crippen molar-refractivity contribution in [3.8, 4) is 5.75 Å². The first kappa shape index (κ1) is 17.6. The summed E-state index contributed by atoms with van der Waals surface area (Å²) < 4.78 is 11.3. The highest BCUT2D eigenvalue weighted by Gasteiger charge is 2.44. The van der Waals surface area contributed by atoms with Crippen LogP contribution in [0.15, 0.2) is 54.6 Å². The van der Waals surface area contributed by atoms with Crippen LogP contribution in [0.4, 0.5) is 0 Å². The van der Waals surface area contributed by atoms with Gasteiger partial charge in [-0.05, 0) is 44.5 Å². The van der Waals surface area contributed by atoms with Crippen LogP contribution in [0.25, 0.3) is 32.3 Å². The van der Waals surface area contributed by atoms with E-state index in [9.17, 15) is 20.4 Å². The summed E-state index contributed by atoms with van der Waals surface area (Å²) in [6, 6.07) is 18.1. The molecule has 0 unspecified atom stereocenters. The molecule has 0 radical (unpaired) electrons. The Bertz CT molecular complexity index is 1080. The number of rotatable bonds is 3. The van der Waals surface area contributed by atoms with E-state index in [2.05, 4.69) is 24.3 Å². The van der Waals surface area contributed by atoms with Crippen LogP contribution in [0.1, 0.15) is 0 Å². The smallest absolute Gasteiger partial charge is 0.229 e. The first-order valence-electron chi connectivity index (χ1n) is 9.21. The van der Waals surface area contributed by atoms with Gasteiger partial charge in [0.2, 0.25) is 6.29 Å². The first-order chi connectivity index (χ1) is 13.6. The van der Waals surface area contributed by atoms with Crippen LogP contribution in [0.2, 0.25) is 0 Å². The van der Waals surface area contributed by atoms with E-state index in [1.54, 1.807) is 0 Å². The van der Waals surface area contributed by atoms with Gasteiger partial charge >= 0.3 is 0 Å². The minimum Gasteiger partial charge on any atom is -0.462 e. The predicted octanol–water partition coefficient (Wildman–Crippen LogP) is 1.76. The van der Waals surface area contributed by atoms with Gasteiger partial charge in [0.1, 0.15) is 30.2 Å². The summed E-state index contributed by atoms with van der Waals surface area (Å²) in [7, 11) is 0. The summed E-state index contributed by atoms with van der Waals surface area (Å²) in [4.78, 5) is 0. The summed E-state index contributed by atoms with van der Waals surface area (Å²) in [5, 5.41) is 46.1. The predicted molar refractivity (Wildman–Crippen MR) is 105 cm³/mol. The van der Waals surface area contributed by atoms with Crippen molar-refractivity contribution < 1.29 is 29.9 Å². The molecule has 5 atom stereocenters. The van der Waals surface area contributed by atoms with E-state index in [-0.39, 0.29) is 0 Å². The number of ether oxygens (including phenoxy) is 2. The topological polar surface area (TPSA) is 99.4 Å². The molecule has 1 fully saturated rings. The van der Waals surface area contributed by atoms with Gasteiger partial charge in [-0.3, -0.25) is 0 Å². The minimum atomic E-state index is -1.47. The van der Waals surface area contributed by atoms with E-state index < -0.39 is 37.3 Å². The number of aliphatic hydroxyl groups is 4. The molecule has 0 aliphatic carbocycles. The molecule has 0 bridgehead atoms. The molecule has 0 saturated carbocycles. The van der Waals surface area contributed by atoms with Gasteiger partial charge in [-0.2, -0.15) is 0 Å².